The van der Waals surface area contributed by atoms with Crippen molar-refractivity contribution in [3.05, 3.63) is 17.0 Å². The van der Waals surface area contributed by atoms with Gasteiger partial charge in [0.15, 0.2) is 6.29 Å². The number of carbonyl (C=O) groups excluding carboxylic acids is 1. The molecule has 0 saturated heterocycles. The maximum Gasteiger partial charge on any atom is 0.160 e. The van der Waals surface area contributed by atoms with Gasteiger partial charge in [-0.15, -0.1) is 22.7 Å². The molecule has 4 nitrogen and oxygen atoms in total. The Kier molecular flexibility index (Phi) is 4.11. The number of aliphatic hydroxyl groups excluding tert-OH is 2. The Hall–Kier alpha value is -0.950. The Labute approximate surface area is 107 Å². The van der Waals surface area contributed by atoms with Crippen LogP contribution in [0.4, 0.5) is 5.00 Å². The highest BCUT2D eigenvalue weighted by molar-refractivity contribution is 7.30. The first-order valence-corrected chi connectivity index (χ1v) is 6.87. The van der Waals surface area contributed by atoms with E-state index < -0.39 is 0 Å². The van der Waals surface area contributed by atoms with Crippen molar-refractivity contribution in [1.29, 1.82) is 0 Å². The number of nitrogens with zero attached hydrogens (tertiary/aromatic N) is 1. The quantitative estimate of drug-likeness (QED) is 0.783. The molecular formula is C11H13NO3S2. The van der Waals surface area contributed by atoms with Gasteiger partial charge in [0, 0.05) is 22.5 Å². The first-order chi connectivity index (χ1) is 8.28. The molecule has 92 valence electrons. The third kappa shape index (κ3) is 2.66. The molecule has 0 radical (unpaired) electrons. The van der Waals surface area contributed by atoms with Gasteiger partial charge in [-0.25, -0.2) is 0 Å². The molecule has 0 aliphatic heterocycles. The molecular weight excluding hydrogens is 258 g/mol. The monoisotopic (exact) mass is 271 g/mol. The number of thiophene rings is 2. The Morgan fingerprint density at radius 2 is 1.76 bits per heavy atom. The van der Waals surface area contributed by atoms with E-state index in [0.29, 0.717) is 13.1 Å². The fourth-order valence-corrected chi connectivity index (χ4v) is 3.90. The van der Waals surface area contributed by atoms with Crippen LogP contribution < -0.4 is 4.90 Å². The summed E-state index contributed by atoms with van der Waals surface area (Å²) in [5, 5.41) is 19.0. The van der Waals surface area contributed by atoms with E-state index in [1.54, 1.807) is 11.3 Å². The maximum absolute atomic E-state index is 10.6. The van der Waals surface area contributed by atoms with Crippen molar-refractivity contribution in [2.45, 2.75) is 0 Å². The van der Waals surface area contributed by atoms with Crippen LogP contribution in [0.15, 0.2) is 12.1 Å². The molecule has 0 fully saturated rings. The molecule has 0 aliphatic rings. The van der Waals surface area contributed by atoms with Crippen LogP contribution in [0.1, 0.15) is 9.67 Å². The minimum atomic E-state index is 0.0607. The SMILES string of the molecule is O=Cc1cc2sc(N(CCO)CCO)cc2s1. The number of anilines is 1. The van der Waals surface area contributed by atoms with E-state index in [9.17, 15) is 4.79 Å². The van der Waals surface area contributed by atoms with Crippen molar-refractivity contribution in [3.8, 4) is 0 Å². The number of rotatable bonds is 6. The van der Waals surface area contributed by atoms with E-state index in [4.69, 9.17) is 10.2 Å². The summed E-state index contributed by atoms with van der Waals surface area (Å²) >= 11 is 3.04. The van der Waals surface area contributed by atoms with Gasteiger partial charge in [0.05, 0.1) is 23.1 Å². The summed E-state index contributed by atoms with van der Waals surface area (Å²) in [6, 6.07) is 3.88. The van der Waals surface area contributed by atoms with Crippen LogP contribution in [0, 0.1) is 0 Å². The van der Waals surface area contributed by atoms with E-state index in [1.807, 2.05) is 17.0 Å². The zero-order valence-corrected chi connectivity index (χ0v) is 10.8. The van der Waals surface area contributed by atoms with Gasteiger partial charge in [-0.1, -0.05) is 0 Å². The first kappa shape index (κ1) is 12.5. The van der Waals surface area contributed by atoms with Crippen LogP contribution in [0.2, 0.25) is 0 Å². The summed E-state index contributed by atoms with van der Waals surface area (Å²) in [6.45, 7) is 1.14. The lowest BCUT2D eigenvalue weighted by molar-refractivity contribution is 0.112. The second kappa shape index (κ2) is 5.59. The van der Waals surface area contributed by atoms with E-state index in [-0.39, 0.29) is 13.2 Å². The number of aliphatic hydroxyl groups is 2. The number of fused-ring (bicyclic) bond motifs is 1. The standard InChI is InChI=1S/C11H13NO3S2/c13-3-1-12(2-4-14)11-6-10-9(17-11)5-8(7-15)16-10/h5-7,13-14H,1-4H2. The highest BCUT2D eigenvalue weighted by Crippen LogP contribution is 2.37. The van der Waals surface area contributed by atoms with Crippen LogP contribution in [0.25, 0.3) is 9.40 Å². The topological polar surface area (TPSA) is 60.8 Å². The molecule has 17 heavy (non-hydrogen) atoms. The Morgan fingerprint density at radius 1 is 1.12 bits per heavy atom. The zero-order chi connectivity index (χ0) is 12.3. The average Bonchev–Trinajstić information content (AvgIpc) is 2.85. The van der Waals surface area contributed by atoms with Crippen molar-refractivity contribution in [2.75, 3.05) is 31.2 Å². The van der Waals surface area contributed by atoms with Crippen molar-refractivity contribution in [2.24, 2.45) is 0 Å². The molecule has 6 heteroatoms. The second-order valence-electron chi connectivity index (χ2n) is 3.51. The van der Waals surface area contributed by atoms with E-state index >= 15 is 0 Å². The molecule has 2 aromatic heterocycles. The van der Waals surface area contributed by atoms with Crippen LogP contribution in [0.3, 0.4) is 0 Å². The predicted molar refractivity (Wildman–Crippen MR) is 71.5 cm³/mol. The molecule has 0 aliphatic carbocycles. The molecule has 2 rings (SSSR count). The summed E-state index contributed by atoms with van der Waals surface area (Å²) in [4.78, 5) is 13.3. The van der Waals surface area contributed by atoms with Gasteiger partial charge >= 0.3 is 0 Å². The van der Waals surface area contributed by atoms with Crippen molar-refractivity contribution in [3.63, 3.8) is 0 Å². The largest absolute Gasteiger partial charge is 0.395 e. The summed E-state index contributed by atoms with van der Waals surface area (Å²) in [7, 11) is 0. The van der Waals surface area contributed by atoms with Crippen molar-refractivity contribution < 1.29 is 15.0 Å². The van der Waals surface area contributed by atoms with E-state index in [0.717, 1.165) is 25.6 Å². The maximum atomic E-state index is 10.6. The normalized spacial score (nSPS) is 10.9. The summed E-state index contributed by atoms with van der Waals surface area (Å²) in [6.07, 6.45) is 0.857. The van der Waals surface area contributed by atoms with Gasteiger partial charge in [0.1, 0.15) is 0 Å². The predicted octanol–water partition coefficient (Wildman–Crippen LogP) is 1.57. The molecule has 2 aromatic rings. The summed E-state index contributed by atoms with van der Waals surface area (Å²) in [5.74, 6) is 0. The fraction of sp³-hybridized carbons (Fsp3) is 0.364. The van der Waals surface area contributed by atoms with E-state index in [1.165, 1.54) is 11.3 Å². The molecule has 0 amide bonds. The number of carbonyl (C=O) groups is 1. The zero-order valence-electron chi connectivity index (χ0n) is 9.13. The molecule has 0 atom stereocenters. The lowest BCUT2D eigenvalue weighted by Crippen LogP contribution is -2.28. The van der Waals surface area contributed by atoms with Crippen LogP contribution >= 0.6 is 22.7 Å². The molecule has 0 saturated carbocycles. The second-order valence-corrected chi connectivity index (χ2v) is 5.69. The van der Waals surface area contributed by atoms with Gasteiger partial charge in [-0.2, -0.15) is 0 Å². The van der Waals surface area contributed by atoms with Crippen LogP contribution in [-0.2, 0) is 0 Å². The lowest BCUT2D eigenvalue weighted by Gasteiger charge is -2.20. The van der Waals surface area contributed by atoms with Crippen molar-refractivity contribution in [1.82, 2.24) is 0 Å². The smallest absolute Gasteiger partial charge is 0.160 e. The van der Waals surface area contributed by atoms with Gasteiger partial charge in [0.2, 0.25) is 0 Å². The van der Waals surface area contributed by atoms with E-state index in [2.05, 4.69) is 0 Å². The lowest BCUT2D eigenvalue weighted by atomic mass is 10.4. The third-order valence-electron chi connectivity index (χ3n) is 2.38. The fourth-order valence-electron chi connectivity index (χ4n) is 1.63. The Morgan fingerprint density at radius 3 is 2.29 bits per heavy atom. The minimum absolute atomic E-state index is 0.0607. The Balaban J connectivity index is 2.27. The van der Waals surface area contributed by atoms with Crippen molar-refractivity contribution >= 4 is 43.4 Å². The molecule has 0 unspecified atom stereocenters. The molecule has 0 aromatic carbocycles. The minimum Gasteiger partial charge on any atom is -0.395 e. The number of hydrogen-bond acceptors (Lipinski definition) is 6. The molecule has 2 N–H and O–H groups in total. The molecule has 0 spiro atoms. The summed E-state index contributed by atoms with van der Waals surface area (Å²) < 4.78 is 2.15. The number of aldehydes is 1. The van der Waals surface area contributed by atoms with Gasteiger partial charge < -0.3 is 15.1 Å². The highest BCUT2D eigenvalue weighted by Gasteiger charge is 2.11. The van der Waals surface area contributed by atoms with Crippen LogP contribution in [0.5, 0.6) is 0 Å². The average molecular weight is 271 g/mol. The first-order valence-electron chi connectivity index (χ1n) is 5.23. The van der Waals surface area contributed by atoms with Gasteiger partial charge in [-0.3, -0.25) is 4.79 Å². The molecule has 0 bridgehead atoms. The number of hydrogen-bond donors (Lipinski definition) is 2. The Bertz CT molecular complexity index is 468. The van der Waals surface area contributed by atoms with Crippen LogP contribution in [-0.4, -0.2) is 42.8 Å². The van der Waals surface area contributed by atoms with Gasteiger partial charge in [-0.05, 0) is 12.1 Å². The molecule has 2 heterocycles. The highest BCUT2D eigenvalue weighted by atomic mass is 32.1. The third-order valence-corrected chi connectivity index (χ3v) is 4.66. The summed E-state index contributed by atoms with van der Waals surface area (Å²) in [5.41, 5.74) is 0. The van der Waals surface area contributed by atoms with Gasteiger partial charge in [0.25, 0.3) is 0 Å².